The van der Waals surface area contributed by atoms with Crippen LogP contribution >= 0.6 is 16.1 Å². The highest BCUT2D eigenvalue weighted by molar-refractivity contribution is 9.08. The van der Waals surface area contributed by atoms with Crippen LogP contribution in [0.15, 0.2) is 14.4 Å². The van der Waals surface area contributed by atoms with Crippen LogP contribution in [-0.2, 0) is 0 Å². The fourth-order valence-corrected chi connectivity index (χ4v) is 1.25. The smallest absolute Gasteiger partial charge is 0.300 e. The molecule has 0 bridgehead atoms. The summed E-state index contributed by atoms with van der Waals surface area (Å²) in [4.78, 5) is 39.8. The molecular formula is C5H3BrN4O3. The minimum absolute atomic E-state index is 0.0291. The van der Waals surface area contributed by atoms with Gasteiger partial charge in [0.15, 0.2) is 5.52 Å². The molecule has 2 rings (SSSR count). The highest BCUT2D eigenvalue weighted by atomic mass is 79.9. The van der Waals surface area contributed by atoms with Crippen LogP contribution in [0, 0.1) is 0 Å². The molecule has 0 atom stereocenters. The summed E-state index contributed by atoms with van der Waals surface area (Å²) in [5.41, 5.74) is -1.68. The van der Waals surface area contributed by atoms with Crippen LogP contribution in [0.1, 0.15) is 0 Å². The lowest BCUT2D eigenvalue weighted by molar-refractivity contribution is 1.02. The fraction of sp³-hybridized carbons (Fsp3) is 0. The third-order valence-corrected chi connectivity index (χ3v) is 2.17. The summed E-state index contributed by atoms with van der Waals surface area (Å²) in [6.07, 6.45) is 0. The number of halogens is 1. The van der Waals surface area contributed by atoms with Gasteiger partial charge in [-0.15, -0.1) is 0 Å². The van der Waals surface area contributed by atoms with E-state index < -0.39 is 16.9 Å². The van der Waals surface area contributed by atoms with E-state index in [0.717, 1.165) is 0 Å². The summed E-state index contributed by atoms with van der Waals surface area (Å²) < 4.78 is 0.694. The molecule has 0 unspecified atom stereocenters. The maximum Gasteiger partial charge on any atom is 0.340 e. The normalized spacial score (nSPS) is 10.8. The molecule has 68 valence electrons. The van der Waals surface area contributed by atoms with Crippen LogP contribution in [0.2, 0.25) is 0 Å². The van der Waals surface area contributed by atoms with Crippen LogP contribution in [0.4, 0.5) is 0 Å². The highest BCUT2D eigenvalue weighted by Crippen LogP contribution is 1.92. The molecule has 2 aromatic rings. The summed E-state index contributed by atoms with van der Waals surface area (Å²) in [7, 11) is 0. The van der Waals surface area contributed by atoms with Crippen LogP contribution in [0.3, 0.4) is 0 Å². The minimum atomic E-state index is -0.646. The van der Waals surface area contributed by atoms with Crippen LogP contribution in [0.25, 0.3) is 11.2 Å². The van der Waals surface area contributed by atoms with Crippen molar-refractivity contribution in [3.8, 4) is 0 Å². The van der Waals surface area contributed by atoms with Crippen LogP contribution in [-0.4, -0.2) is 18.5 Å². The number of nitrogens with zero attached hydrogens (tertiary/aromatic N) is 1. The third-order valence-electron chi connectivity index (χ3n) is 1.53. The van der Waals surface area contributed by atoms with Crippen molar-refractivity contribution in [1.29, 1.82) is 0 Å². The largest absolute Gasteiger partial charge is 0.340 e. The van der Waals surface area contributed by atoms with Gasteiger partial charge in [0.25, 0.3) is 5.56 Å². The maximum atomic E-state index is 11.3. The van der Waals surface area contributed by atoms with E-state index in [0.29, 0.717) is 3.59 Å². The molecule has 0 spiro atoms. The Bertz CT molecular complexity index is 629. The van der Waals surface area contributed by atoms with Gasteiger partial charge in [0.05, 0.1) is 16.1 Å². The molecule has 2 heterocycles. The summed E-state index contributed by atoms with van der Waals surface area (Å²) in [6, 6.07) is 0. The summed E-state index contributed by atoms with van der Waals surface area (Å²) in [5.74, 6) is 0. The van der Waals surface area contributed by atoms with Gasteiger partial charge in [0.2, 0.25) is 0 Å². The predicted octanol–water partition coefficient (Wildman–Crippen LogP) is -1.14. The maximum absolute atomic E-state index is 11.3. The Morgan fingerprint density at radius 2 is 1.77 bits per heavy atom. The molecule has 7 nitrogen and oxygen atoms in total. The summed E-state index contributed by atoms with van der Waals surface area (Å²) in [5, 5.41) is 0. The Morgan fingerprint density at radius 3 is 2.46 bits per heavy atom. The van der Waals surface area contributed by atoms with E-state index in [4.69, 9.17) is 0 Å². The monoisotopic (exact) mass is 246 g/mol. The first-order valence-corrected chi connectivity index (χ1v) is 3.94. The molecule has 8 heteroatoms. The van der Waals surface area contributed by atoms with Crippen LogP contribution < -0.4 is 16.9 Å². The van der Waals surface area contributed by atoms with Crippen molar-refractivity contribution in [3.63, 3.8) is 0 Å². The number of rotatable bonds is 0. The van der Waals surface area contributed by atoms with E-state index >= 15 is 0 Å². The van der Waals surface area contributed by atoms with Crippen molar-refractivity contribution in [2.75, 3.05) is 0 Å². The van der Waals surface area contributed by atoms with Gasteiger partial charge in [-0.25, -0.2) is 9.59 Å². The number of aromatic amines is 3. The molecule has 0 aliphatic carbocycles. The van der Waals surface area contributed by atoms with E-state index in [9.17, 15) is 14.4 Å². The zero-order chi connectivity index (χ0) is 9.59. The predicted molar refractivity (Wildman–Crippen MR) is 48.1 cm³/mol. The number of hydrogen-bond donors (Lipinski definition) is 3. The lowest BCUT2D eigenvalue weighted by Crippen LogP contribution is -2.28. The second-order valence-electron chi connectivity index (χ2n) is 2.35. The van der Waals surface area contributed by atoms with Gasteiger partial charge in [-0.05, 0) is 0 Å². The van der Waals surface area contributed by atoms with E-state index in [1.54, 1.807) is 0 Å². The van der Waals surface area contributed by atoms with Gasteiger partial charge >= 0.3 is 11.4 Å². The number of aromatic nitrogens is 4. The topological polar surface area (TPSA) is 104 Å². The molecule has 0 saturated heterocycles. The highest BCUT2D eigenvalue weighted by Gasteiger charge is 2.07. The molecular weight excluding hydrogens is 244 g/mol. The van der Waals surface area contributed by atoms with E-state index in [1.807, 2.05) is 0 Å². The zero-order valence-electron chi connectivity index (χ0n) is 6.05. The first-order chi connectivity index (χ1) is 6.09. The van der Waals surface area contributed by atoms with Gasteiger partial charge in [-0.2, -0.15) is 3.59 Å². The average Bonchev–Trinajstić information content (AvgIpc) is 2.42. The van der Waals surface area contributed by atoms with Crippen molar-refractivity contribution in [1.82, 2.24) is 18.5 Å². The number of H-pyrrole nitrogens is 3. The number of fused-ring (bicyclic) bond motifs is 1. The van der Waals surface area contributed by atoms with Gasteiger partial charge in [-0.1, -0.05) is 0 Å². The minimum Gasteiger partial charge on any atom is -0.300 e. The molecule has 0 saturated carbocycles. The summed E-state index contributed by atoms with van der Waals surface area (Å²) >= 11 is 2.73. The molecule has 0 aliphatic heterocycles. The van der Waals surface area contributed by atoms with E-state index in [2.05, 4.69) is 31.1 Å². The quantitative estimate of drug-likeness (QED) is 0.548. The van der Waals surface area contributed by atoms with Gasteiger partial charge in [0.1, 0.15) is 5.65 Å². The summed E-state index contributed by atoms with van der Waals surface area (Å²) in [6.45, 7) is 0. The van der Waals surface area contributed by atoms with Crippen molar-refractivity contribution >= 4 is 27.3 Å². The Labute approximate surface area is 77.8 Å². The van der Waals surface area contributed by atoms with Crippen molar-refractivity contribution in [2.24, 2.45) is 0 Å². The standard InChI is InChI=1S/C5H3BrN4O3/c6-10-3(11)1-2(9-5(10)13)8-4(12)7-1/h(H,9,13)(H2,7,8,12). The number of nitrogens with one attached hydrogen (secondary N) is 3. The second-order valence-corrected chi connectivity index (χ2v) is 3.05. The lowest BCUT2D eigenvalue weighted by Gasteiger charge is -1.91. The molecule has 0 amide bonds. The first kappa shape index (κ1) is 8.05. The third kappa shape index (κ3) is 1.06. The Kier molecular flexibility index (Phi) is 1.52. The fourth-order valence-electron chi connectivity index (χ4n) is 0.984. The molecule has 0 aromatic carbocycles. The van der Waals surface area contributed by atoms with E-state index in [-0.39, 0.29) is 11.2 Å². The zero-order valence-corrected chi connectivity index (χ0v) is 7.64. The SMILES string of the molecule is O=c1[nH]c2[nH]c(=O)n(Br)c(=O)c2[nH]1. The molecule has 3 N–H and O–H groups in total. The Morgan fingerprint density at radius 1 is 1.08 bits per heavy atom. The number of imidazole rings is 1. The van der Waals surface area contributed by atoms with Gasteiger partial charge in [-0.3, -0.25) is 19.7 Å². The molecule has 0 radical (unpaired) electrons. The van der Waals surface area contributed by atoms with Crippen molar-refractivity contribution in [3.05, 3.63) is 31.3 Å². The number of hydrogen-bond acceptors (Lipinski definition) is 3. The molecule has 13 heavy (non-hydrogen) atoms. The van der Waals surface area contributed by atoms with Crippen LogP contribution in [0.5, 0.6) is 0 Å². The molecule has 0 aliphatic rings. The average molecular weight is 247 g/mol. The van der Waals surface area contributed by atoms with E-state index in [1.165, 1.54) is 0 Å². The van der Waals surface area contributed by atoms with Gasteiger partial charge in [0, 0.05) is 0 Å². The molecule has 2 aromatic heterocycles. The lowest BCUT2D eigenvalue weighted by atomic mass is 10.5. The second kappa shape index (κ2) is 2.46. The molecule has 0 fully saturated rings. The van der Waals surface area contributed by atoms with Crippen molar-refractivity contribution in [2.45, 2.75) is 0 Å². The van der Waals surface area contributed by atoms with Gasteiger partial charge < -0.3 is 0 Å². The van der Waals surface area contributed by atoms with Crippen molar-refractivity contribution < 1.29 is 0 Å². The Hall–Kier alpha value is -1.57. The first-order valence-electron chi connectivity index (χ1n) is 3.23. The Balaban J connectivity index is 3.19.